The molecule has 0 aromatic carbocycles. The van der Waals surface area contributed by atoms with Gasteiger partial charge in [-0.05, 0) is 0 Å². The van der Waals surface area contributed by atoms with E-state index in [9.17, 15) is 0 Å². The molecule has 1 rings (SSSR count). The van der Waals surface area contributed by atoms with Crippen LogP contribution in [0, 0.1) is 0 Å². The van der Waals surface area contributed by atoms with E-state index < -0.39 is 0 Å². The van der Waals surface area contributed by atoms with Gasteiger partial charge in [-0.2, -0.15) is 0 Å². The summed E-state index contributed by atoms with van der Waals surface area (Å²) in [5.41, 5.74) is 0.0620. The van der Waals surface area contributed by atoms with E-state index in [-0.39, 0.29) is 5.41 Å². The zero-order valence-electron chi connectivity index (χ0n) is 6.30. The van der Waals surface area contributed by atoms with Crippen LogP contribution in [0.4, 0.5) is 0 Å². The SMILES string of the molecule is Cn1nc(C(C)(C)C)o1. The smallest absolute Gasteiger partial charge is 0.249 e. The minimum atomic E-state index is 0.0620. The molecule has 0 N–H and O–H groups in total. The fraction of sp³-hybridized carbons (Fsp3) is 0.833. The van der Waals surface area contributed by atoms with Crippen LogP contribution in [0.2, 0.25) is 0 Å². The van der Waals surface area contributed by atoms with Gasteiger partial charge >= 0.3 is 0 Å². The van der Waals surface area contributed by atoms with E-state index in [2.05, 4.69) is 25.9 Å². The van der Waals surface area contributed by atoms with E-state index in [0.29, 0.717) is 0 Å². The van der Waals surface area contributed by atoms with Gasteiger partial charge in [0.15, 0.2) is 0 Å². The Bertz CT molecular complexity index is 180. The number of aromatic nitrogens is 2. The van der Waals surface area contributed by atoms with Crippen LogP contribution < -0.4 is 0 Å². The van der Waals surface area contributed by atoms with E-state index in [0.717, 1.165) is 5.89 Å². The van der Waals surface area contributed by atoms with Crippen molar-refractivity contribution in [2.45, 2.75) is 26.2 Å². The average molecular weight is 128 g/mol. The van der Waals surface area contributed by atoms with Crippen molar-refractivity contribution < 1.29 is 4.52 Å². The third kappa shape index (κ3) is 1.15. The van der Waals surface area contributed by atoms with Crippen molar-refractivity contribution in [1.29, 1.82) is 0 Å². The van der Waals surface area contributed by atoms with Crippen molar-refractivity contribution in [2.75, 3.05) is 0 Å². The summed E-state index contributed by atoms with van der Waals surface area (Å²) >= 11 is 0. The molecule has 3 heteroatoms. The molecule has 0 saturated heterocycles. The fourth-order valence-electron chi connectivity index (χ4n) is 0.546. The third-order valence-corrected chi connectivity index (χ3v) is 1.09. The summed E-state index contributed by atoms with van der Waals surface area (Å²) in [6.07, 6.45) is 0. The molecule has 0 radical (unpaired) electrons. The maximum Gasteiger partial charge on any atom is 0.249 e. The van der Waals surface area contributed by atoms with Crippen molar-refractivity contribution >= 4 is 0 Å². The maximum absolute atomic E-state index is 5.09. The summed E-state index contributed by atoms with van der Waals surface area (Å²) in [5.74, 6) is 0.810. The summed E-state index contributed by atoms with van der Waals surface area (Å²) < 4.78 is 5.09. The number of aryl methyl sites for hydroxylation is 1. The molecule has 3 nitrogen and oxygen atoms in total. The lowest BCUT2D eigenvalue weighted by atomic mass is 9.97. The van der Waals surface area contributed by atoms with Gasteiger partial charge in [-0.25, -0.2) is 0 Å². The molecule has 1 aromatic rings. The second-order valence-electron chi connectivity index (χ2n) is 3.21. The average Bonchev–Trinajstić information content (AvgIpc) is 1.55. The van der Waals surface area contributed by atoms with Gasteiger partial charge in [0.05, 0.1) is 7.05 Å². The van der Waals surface area contributed by atoms with Crippen LogP contribution in [0.5, 0.6) is 0 Å². The largest absolute Gasteiger partial charge is 0.345 e. The monoisotopic (exact) mass is 128 g/mol. The maximum atomic E-state index is 5.09. The Morgan fingerprint density at radius 1 is 1.44 bits per heavy atom. The summed E-state index contributed by atoms with van der Waals surface area (Å²) in [7, 11) is 1.77. The predicted octanol–water partition coefficient (Wildman–Crippen LogP) is 1.31. The molecule has 9 heavy (non-hydrogen) atoms. The van der Waals surface area contributed by atoms with Crippen LogP contribution >= 0.6 is 0 Å². The highest BCUT2D eigenvalue weighted by atomic mass is 16.5. The number of rotatable bonds is 0. The fourth-order valence-corrected chi connectivity index (χ4v) is 0.546. The minimum Gasteiger partial charge on any atom is -0.345 e. The lowest BCUT2D eigenvalue weighted by Gasteiger charge is -2.18. The zero-order valence-corrected chi connectivity index (χ0v) is 6.30. The molecule has 0 aliphatic carbocycles. The first kappa shape index (κ1) is 6.39. The molecule has 0 amide bonds. The van der Waals surface area contributed by atoms with Crippen LogP contribution in [-0.2, 0) is 12.5 Å². The Morgan fingerprint density at radius 2 is 1.89 bits per heavy atom. The van der Waals surface area contributed by atoms with E-state index in [1.165, 1.54) is 4.85 Å². The molecule has 0 unspecified atom stereocenters. The normalized spacial score (nSPS) is 12.4. The number of hydrogen-bond acceptors (Lipinski definition) is 2. The second-order valence-corrected chi connectivity index (χ2v) is 3.21. The molecular weight excluding hydrogens is 116 g/mol. The Kier molecular flexibility index (Phi) is 1.15. The van der Waals surface area contributed by atoms with E-state index >= 15 is 0 Å². The van der Waals surface area contributed by atoms with Crippen LogP contribution in [0.15, 0.2) is 4.52 Å². The molecule has 0 aliphatic heterocycles. The Hall–Kier alpha value is -0.730. The van der Waals surface area contributed by atoms with E-state index in [1.807, 2.05) is 0 Å². The van der Waals surface area contributed by atoms with Gasteiger partial charge in [0.2, 0.25) is 5.89 Å². The molecule has 0 bridgehead atoms. The van der Waals surface area contributed by atoms with Gasteiger partial charge in [-0.3, -0.25) is 0 Å². The van der Waals surface area contributed by atoms with Gasteiger partial charge in [0, 0.05) is 5.41 Å². The van der Waals surface area contributed by atoms with E-state index in [1.54, 1.807) is 7.05 Å². The van der Waals surface area contributed by atoms with Gasteiger partial charge in [0.1, 0.15) is 0 Å². The first-order valence-corrected chi connectivity index (χ1v) is 3.01. The molecule has 0 atom stereocenters. The standard InChI is InChI=1S/C6H12N2O/c1-6(2,3)5-7-8(4)9-5/h1-4H3. The van der Waals surface area contributed by atoms with Gasteiger partial charge in [0.25, 0.3) is 0 Å². The Labute approximate surface area is 54.6 Å². The van der Waals surface area contributed by atoms with Crippen LogP contribution in [0.25, 0.3) is 0 Å². The highest BCUT2D eigenvalue weighted by Crippen LogP contribution is 2.19. The van der Waals surface area contributed by atoms with E-state index in [4.69, 9.17) is 4.52 Å². The number of hydrogen-bond donors (Lipinski definition) is 0. The van der Waals surface area contributed by atoms with Gasteiger partial charge in [-0.15, -0.1) is 9.95 Å². The quantitative estimate of drug-likeness (QED) is 0.527. The molecule has 0 fully saturated rings. The van der Waals surface area contributed by atoms with Crippen LogP contribution in [0.3, 0.4) is 0 Å². The summed E-state index contributed by atoms with van der Waals surface area (Å²) in [5, 5.41) is 4.02. The molecule has 52 valence electrons. The molecule has 1 heterocycles. The highest BCUT2D eigenvalue weighted by Gasteiger charge is 2.22. The molecule has 1 aromatic heterocycles. The van der Waals surface area contributed by atoms with Crippen molar-refractivity contribution in [1.82, 2.24) is 9.95 Å². The van der Waals surface area contributed by atoms with Crippen molar-refractivity contribution in [3.63, 3.8) is 0 Å². The predicted molar refractivity (Wildman–Crippen MR) is 34.2 cm³/mol. The van der Waals surface area contributed by atoms with Gasteiger partial charge < -0.3 is 4.52 Å². The lowest BCUT2D eigenvalue weighted by molar-refractivity contribution is 0.113. The van der Waals surface area contributed by atoms with Crippen molar-refractivity contribution in [3.8, 4) is 0 Å². The summed E-state index contributed by atoms with van der Waals surface area (Å²) in [6.45, 7) is 6.20. The van der Waals surface area contributed by atoms with Crippen molar-refractivity contribution in [3.05, 3.63) is 5.89 Å². The second kappa shape index (κ2) is 1.62. The summed E-state index contributed by atoms with van der Waals surface area (Å²) in [6, 6.07) is 0. The first-order chi connectivity index (χ1) is 4.00. The zero-order chi connectivity index (χ0) is 7.07. The first-order valence-electron chi connectivity index (χ1n) is 3.01. The minimum absolute atomic E-state index is 0.0620. The molecule has 0 saturated carbocycles. The topological polar surface area (TPSA) is 31.0 Å². The Balaban J connectivity index is 2.73. The van der Waals surface area contributed by atoms with Crippen LogP contribution in [0.1, 0.15) is 26.7 Å². The highest BCUT2D eigenvalue weighted by molar-refractivity contribution is 4.93. The summed E-state index contributed by atoms with van der Waals surface area (Å²) in [4.78, 5) is 1.46. The Morgan fingerprint density at radius 3 is 2.00 bits per heavy atom. The van der Waals surface area contributed by atoms with Crippen LogP contribution in [-0.4, -0.2) is 9.95 Å². The number of nitrogens with zero attached hydrogens (tertiary/aromatic N) is 2. The molecule has 0 aliphatic rings. The third-order valence-electron chi connectivity index (χ3n) is 1.09. The molecule has 0 spiro atoms. The lowest BCUT2D eigenvalue weighted by Crippen LogP contribution is -2.21. The van der Waals surface area contributed by atoms with Gasteiger partial charge in [-0.1, -0.05) is 20.8 Å². The molecular formula is C6H12N2O. The van der Waals surface area contributed by atoms with Crippen molar-refractivity contribution in [2.24, 2.45) is 7.05 Å².